The second-order valence-electron chi connectivity index (χ2n) is 10.7. The van der Waals surface area contributed by atoms with Crippen molar-refractivity contribution in [3.05, 3.63) is 58.9 Å². The quantitative estimate of drug-likeness (QED) is 0.230. The molecule has 0 saturated heterocycles. The van der Waals surface area contributed by atoms with E-state index in [1.165, 1.54) is 0 Å². The summed E-state index contributed by atoms with van der Waals surface area (Å²) in [5.74, 6) is 0.821. The topological polar surface area (TPSA) is 115 Å². The summed E-state index contributed by atoms with van der Waals surface area (Å²) in [6, 6.07) is 11.5. The number of alkyl halides is 2. The first kappa shape index (κ1) is 36.8. The highest BCUT2D eigenvalue weighted by molar-refractivity contribution is 6.31. The molecule has 2 aliphatic rings. The van der Waals surface area contributed by atoms with Gasteiger partial charge in [-0.15, -0.1) is 0 Å². The molecule has 6 bridgehead atoms. The van der Waals surface area contributed by atoms with Gasteiger partial charge in [0.25, 0.3) is 0 Å². The Morgan fingerprint density at radius 3 is 2.48 bits per heavy atom. The van der Waals surface area contributed by atoms with Crippen LogP contribution in [0.3, 0.4) is 0 Å². The van der Waals surface area contributed by atoms with Crippen LogP contribution in [0.2, 0.25) is 5.02 Å². The maximum Gasteiger partial charge on any atom is 0.243 e. The van der Waals surface area contributed by atoms with Crippen LogP contribution in [0.5, 0.6) is 5.75 Å². The van der Waals surface area contributed by atoms with Gasteiger partial charge in [0, 0.05) is 50.9 Å². The number of fused-ring (bicyclic) bond motifs is 10. The first-order valence-corrected chi connectivity index (χ1v) is 15.8. The van der Waals surface area contributed by atoms with Gasteiger partial charge in [0.2, 0.25) is 17.5 Å². The highest BCUT2D eigenvalue weighted by atomic mass is 35.5. The third kappa shape index (κ3) is 8.97. The van der Waals surface area contributed by atoms with Gasteiger partial charge in [0.1, 0.15) is 11.8 Å². The number of rotatable bonds is 7. The Labute approximate surface area is 280 Å². The Balaban J connectivity index is 0.000000752. The number of aldehydes is 1. The number of hydrogen-bond acceptors (Lipinski definition) is 10. The lowest BCUT2D eigenvalue weighted by molar-refractivity contribution is -0.117. The number of ether oxygens (including phenoxy) is 1. The molecule has 5 rings (SSSR count). The van der Waals surface area contributed by atoms with Crippen LogP contribution in [-0.2, 0) is 9.59 Å². The van der Waals surface area contributed by atoms with Crippen LogP contribution in [0.4, 0.5) is 33.1 Å². The summed E-state index contributed by atoms with van der Waals surface area (Å²) < 4.78 is 16.6. The van der Waals surface area contributed by atoms with Crippen LogP contribution in [-0.4, -0.2) is 100 Å². The lowest BCUT2D eigenvalue weighted by Crippen LogP contribution is -2.47. The number of amides is 1. The number of aromatic nitrogens is 2. The number of para-hydroxylation sites is 1. The first-order chi connectivity index (χ1) is 22.1. The highest BCUT2D eigenvalue weighted by Crippen LogP contribution is 2.43. The molecule has 14 heteroatoms. The number of carbonyl (C=O) groups is 2. The van der Waals surface area contributed by atoms with Crippen molar-refractivity contribution < 1.29 is 18.7 Å². The van der Waals surface area contributed by atoms with E-state index in [2.05, 4.69) is 59.4 Å². The zero-order valence-electron chi connectivity index (χ0n) is 27.3. The fourth-order valence-corrected chi connectivity index (χ4v) is 5.39. The average Bonchev–Trinajstić information content (AvgIpc) is 3.42. The van der Waals surface area contributed by atoms with E-state index in [-0.39, 0.29) is 18.1 Å². The van der Waals surface area contributed by atoms with E-state index < -0.39 is 11.7 Å². The summed E-state index contributed by atoms with van der Waals surface area (Å²) in [6.45, 7) is 6.74. The Kier molecular flexibility index (Phi) is 13.8. The Hall–Kier alpha value is -3.71. The van der Waals surface area contributed by atoms with Crippen molar-refractivity contribution in [1.29, 1.82) is 0 Å². The number of nitrogens with one attached hydrogen (secondary N) is 3. The van der Waals surface area contributed by atoms with E-state index >= 15 is 0 Å². The van der Waals surface area contributed by atoms with Gasteiger partial charge in [-0.25, -0.2) is 14.4 Å². The molecule has 3 N–H and O–H groups in total. The number of anilines is 5. The molecule has 1 amide bonds. The standard InChI is InChI=1S/C28H35ClN8O2.C2H2ClFO.C2H6/c1-30-22-16-37-15-18(17-8-6-7-9-23(17)37)26-19(29)14-31-28(34-26)33-21-12-20(32-27(22)38)24(13-25(21)39-5)36(4)11-10-35(2)3;3-2(4)1-5;1-2/h6-9,12-14,18,22,30H,10-11,15-16H2,1-5H3,(H,32,38)(H,31,33,34);1-2H;1-2H3/t18?,22-;;/m0../s1. The molecule has 3 atom stereocenters. The van der Waals surface area contributed by atoms with Crippen LogP contribution in [0.25, 0.3) is 0 Å². The summed E-state index contributed by atoms with van der Waals surface area (Å²) in [4.78, 5) is 38.5. The molecule has 11 nitrogen and oxygen atoms in total. The summed E-state index contributed by atoms with van der Waals surface area (Å²) in [6.07, 6.45) is 1.65. The van der Waals surface area contributed by atoms with E-state index in [1.807, 2.05) is 66.3 Å². The normalized spacial score (nSPS) is 17.1. The molecular weight excluding hydrogens is 634 g/mol. The van der Waals surface area contributed by atoms with Crippen molar-refractivity contribution in [3.63, 3.8) is 0 Å². The number of nitrogens with zero attached hydrogens (tertiary/aromatic N) is 5. The summed E-state index contributed by atoms with van der Waals surface area (Å²) in [7, 11) is 9.51. The molecule has 0 fully saturated rings. The zero-order valence-corrected chi connectivity index (χ0v) is 28.8. The number of hydrogen-bond donors (Lipinski definition) is 3. The third-order valence-electron chi connectivity index (χ3n) is 7.44. The largest absolute Gasteiger partial charge is 0.494 e. The van der Waals surface area contributed by atoms with Crippen molar-refractivity contribution in [1.82, 2.24) is 20.2 Å². The molecule has 3 aromatic rings. The van der Waals surface area contributed by atoms with Gasteiger partial charge in [0.05, 0.1) is 41.1 Å². The number of likely N-dealkylation sites (N-methyl/N-ethyl adjacent to an activating group) is 3. The molecule has 1 aromatic heterocycles. The van der Waals surface area contributed by atoms with Gasteiger partial charge >= 0.3 is 0 Å². The number of benzene rings is 2. The predicted octanol–water partition coefficient (Wildman–Crippen LogP) is 5.12. The Morgan fingerprint density at radius 2 is 1.85 bits per heavy atom. The summed E-state index contributed by atoms with van der Waals surface area (Å²) in [5.41, 5.74) is 3.26. The van der Waals surface area contributed by atoms with Crippen LogP contribution < -0.4 is 30.5 Å². The molecular formula is C32H43Cl2FN8O3. The minimum absolute atomic E-state index is 0.0154. The average molecular weight is 678 g/mol. The molecule has 2 aliphatic heterocycles. The van der Waals surface area contributed by atoms with Gasteiger partial charge in [-0.05, 0) is 38.8 Å². The van der Waals surface area contributed by atoms with E-state index in [0.717, 1.165) is 35.7 Å². The van der Waals surface area contributed by atoms with Gasteiger partial charge in [0.15, 0.2) is 6.29 Å². The number of halogens is 3. The predicted molar refractivity (Wildman–Crippen MR) is 185 cm³/mol. The smallest absolute Gasteiger partial charge is 0.243 e. The molecule has 0 radical (unpaired) electrons. The van der Waals surface area contributed by atoms with Crippen LogP contribution in [0.1, 0.15) is 31.0 Å². The summed E-state index contributed by atoms with van der Waals surface area (Å²) >= 11 is 11.1. The van der Waals surface area contributed by atoms with Crippen molar-refractivity contribution >= 4 is 64.1 Å². The van der Waals surface area contributed by atoms with E-state index in [4.69, 9.17) is 26.1 Å². The lowest BCUT2D eigenvalue weighted by Gasteiger charge is -2.28. The van der Waals surface area contributed by atoms with Gasteiger partial charge in [-0.3, -0.25) is 9.59 Å². The maximum atomic E-state index is 13.7. The highest BCUT2D eigenvalue weighted by Gasteiger charge is 2.35. The van der Waals surface area contributed by atoms with E-state index in [1.54, 1.807) is 13.3 Å². The molecule has 250 valence electrons. The summed E-state index contributed by atoms with van der Waals surface area (Å²) in [5, 5.41) is 10.2. The molecule has 0 saturated carbocycles. The molecule has 0 aliphatic carbocycles. The van der Waals surface area contributed by atoms with Crippen molar-refractivity contribution in [3.8, 4) is 5.75 Å². The number of methoxy groups -OCH3 is 1. The molecule has 3 heterocycles. The second kappa shape index (κ2) is 17.3. The molecule has 0 spiro atoms. The number of carbonyl (C=O) groups excluding carboxylic acids is 2. The zero-order chi connectivity index (χ0) is 34.0. The van der Waals surface area contributed by atoms with Crippen LogP contribution in [0.15, 0.2) is 42.6 Å². The van der Waals surface area contributed by atoms with E-state index in [9.17, 15) is 9.18 Å². The third-order valence-corrected chi connectivity index (χ3v) is 7.84. The van der Waals surface area contributed by atoms with Crippen LogP contribution >= 0.6 is 23.2 Å². The Morgan fingerprint density at radius 1 is 1.15 bits per heavy atom. The minimum Gasteiger partial charge on any atom is -0.494 e. The van der Waals surface area contributed by atoms with Crippen molar-refractivity contribution in [2.75, 3.05) is 81.9 Å². The van der Waals surface area contributed by atoms with Gasteiger partial charge < -0.3 is 35.4 Å². The minimum atomic E-state index is -1.82. The molecule has 2 aromatic carbocycles. The fourth-order valence-electron chi connectivity index (χ4n) is 5.17. The maximum absolute atomic E-state index is 13.7. The SMILES string of the molecule is CC.CN[C@H]1CN2CC(c3ccccc32)c2nc(ncc2Cl)Nc2cc(c(N(C)CCN(C)C)cc2OC)NC1=O.O=CC(F)Cl. The monoisotopic (exact) mass is 676 g/mol. The molecule has 2 unspecified atom stereocenters. The van der Waals surface area contributed by atoms with Crippen molar-refractivity contribution in [2.45, 2.75) is 31.4 Å². The van der Waals surface area contributed by atoms with Crippen molar-refractivity contribution in [2.24, 2.45) is 0 Å². The van der Waals surface area contributed by atoms with Crippen LogP contribution in [0, 0.1) is 0 Å². The molecule has 46 heavy (non-hydrogen) atoms. The first-order valence-electron chi connectivity index (χ1n) is 15.0. The Bertz CT molecular complexity index is 1480. The fraction of sp³-hybridized carbons (Fsp3) is 0.438. The lowest BCUT2D eigenvalue weighted by atomic mass is 9.98. The van der Waals surface area contributed by atoms with Gasteiger partial charge in [-0.2, -0.15) is 0 Å². The van der Waals surface area contributed by atoms with Gasteiger partial charge in [-0.1, -0.05) is 55.2 Å². The van der Waals surface area contributed by atoms with E-state index in [0.29, 0.717) is 41.2 Å². The second-order valence-corrected chi connectivity index (χ2v) is 11.5.